The quantitative estimate of drug-likeness (QED) is 0.223. The number of carbonyl (C=O) groups is 2. The monoisotopic (exact) mass is 732 g/mol. The van der Waals surface area contributed by atoms with Gasteiger partial charge in [0.2, 0.25) is 24.1 Å². The molecule has 2 aliphatic heterocycles. The Labute approximate surface area is 274 Å². The van der Waals surface area contributed by atoms with Gasteiger partial charge in [0.05, 0.1) is 11.1 Å². The highest BCUT2D eigenvalue weighted by atomic mass is 127. The van der Waals surface area contributed by atoms with Crippen LogP contribution in [-0.4, -0.2) is 44.6 Å². The van der Waals surface area contributed by atoms with Crippen molar-refractivity contribution in [2.24, 2.45) is 5.41 Å². The average molecular weight is 733 g/mol. The summed E-state index contributed by atoms with van der Waals surface area (Å²) in [6.07, 6.45) is 7.45. The van der Waals surface area contributed by atoms with Crippen molar-refractivity contribution in [2.75, 3.05) is 5.32 Å². The van der Waals surface area contributed by atoms with Gasteiger partial charge in [-0.15, -0.1) is 10.2 Å². The van der Waals surface area contributed by atoms with Crippen LogP contribution in [-0.2, 0) is 15.0 Å². The Morgan fingerprint density at radius 2 is 1.86 bits per heavy atom. The number of nitrogens with zero attached hydrogens (tertiary/aromatic N) is 3. The van der Waals surface area contributed by atoms with Gasteiger partial charge in [-0.3, -0.25) is 14.9 Å². The number of benzene rings is 1. The summed E-state index contributed by atoms with van der Waals surface area (Å²) < 4.78 is 22.3. The van der Waals surface area contributed by atoms with Crippen molar-refractivity contribution in [1.29, 1.82) is 0 Å². The summed E-state index contributed by atoms with van der Waals surface area (Å²) in [6.45, 7) is 4.47. The smallest absolute Gasteiger partial charge is 0.238 e. The van der Waals surface area contributed by atoms with Crippen LogP contribution in [0.4, 0.5) is 10.2 Å². The van der Waals surface area contributed by atoms with E-state index in [9.17, 15) is 9.59 Å². The molecule has 1 saturated heterocycles. The molecule has 9 nitrogen and oxygen atoms in total. The van der Waals surface area contributed by atoms with Gasteiger partial charge in [-0.1, -0.05) is 43.6 Å². The number of fused-ring (bicyclic) bond motifs is 3. The molecule has 2 aromatic heterocycles. The van der Waals surface area contributed by atoms with Gasteiger partial charge in [0, 0.05) is 29.0 Å². The van der Waals surface area contributed by atoms with Crippen molar-refractivity contribution in [3.63, 3.8) is 0 Å². The Hall–Kier alpha value is -2.64. The van der Waals surface area contributed by atoms with E-state index in [1.165, 1.54) is 12.5 Å². The largest absolute Gasteiger partial charge is 0.428 e. The number of rotatable bonds is 4. The Morgan fingerprint density at radius 3 is 2.57 bits per heavy atom. The predicted molar refractivity (Wildman–Crippen MR) is 171 cm³/mol. The minimum absolute atomic E-state index is 0.0405. The summed E-state index contributed by atoms with van der Waals surface area (Å²) in [5, 5.41) is 17.9. The van der Waals surface area contributed by atoms with Gasteiger partial charge in [-0.2, -0.15) is 0 Å². The molecule has 0 radical (unpaired) electrons. The van der Waals surface area contributed by atoms with Crippen LogP contribution < -0.4 is 16.0 Å². The number of halogens is 3. The minimum atomic E-state index is -1.28. The molecule has 0 bridgehead atoms. The Morgan fingerprint density at radius 1 is 1.11 bits per heavy atom. The van der Waals surface area contributed by atoms with Gasteiger partial charge in [0.15, 0.2) is 0 Å². The molecule has 1 aromatic carbocycles. The maximum Gasteiger partial charge on any atom is 0.238 e. The molecule has 4 heterocycles. The molecule has 2 saturated carbocycles. The van der Waals surface area contributed by atoms with E-state index in [0.29, 0.717) is 30.1 Å². The lowest BCUT2D eigenvalue weighted by Gasteiger charge is -2.50. The maximum absolute atomic E-state index is 16.1. The first-order chi connectivity index (χ1) is 21.0. The van der Waals surface area contributed by atoms with E-state index < -0.39 is 28.7 Å². The normalized spacial score (nSPS) is 30.3. The third kappa shape index (κ3) is 4.67. The number of aromatic nitrogens is 3. The number of nitrogens with one attached hydrogen (secondary N) is 3. The summed E-state index contributed by atoms with van der Waals surface area (Å²) in [6, 6.07) is 7.72. The first kappa shape index (κ1) is 30.0. The molecule has 3 N–H and O–H groups in total. The molecule has 232 valence electrons. The van der Waals surface area contributed by atoms with Crippen LogP contribution in [0.25, 0.3) is 0 Å². The molecule has 44 heavy (non-hydrogen) atoms. The molecule has 2 spiro atoms. The minimum Gasteiger partial charge on any atom is -0.428 e. The fourth-order valence-corrected chi connectivity index (χ4v) is 9.02. The molecule has 2 aliphatic carbocycles. The zero-order chi connectivity index (χ0) is 30.9. The fraction of sp³-hybridized carbons (Fsp3) is 0.531. The highest BCUT2D eigenvalue weighted by molar-refractivity contribution is 14.1. The zero-order valence-corrected chi connectivity index (χ0v) is 27.5. The van der Waals surface area contributed by atoms with E-state index in [-0.39, 0.29) is 39.8 Å². The first-order valence-electron chi connectivity index (χ1n) is 15.3. The van der Waals surface area contributed by atoms with Crippen LogP contribution in [0.3, 0.4) is 0 Å². The van der Waals surface area contributed by atoms with Crippen molar-refractivity contribution < 1.29 is 18.4 Å². The maximum atomic E-state index is 16.1. The van der Waals surface area contributed by atoms with Gasteiger partial charge in [0.25, 0.3) is 0 Å². The van der Waals surface area contributed by atoms with Crippen molar-refractivity contribution >= 4 is 51.8 Å². The average Bonchev–Trinajstić information content (AvgIpc) is 3.70. The summed E-state index contributed by atoms with van der Waals surface area (Å²) in [7, 11) is 0. The van der Waals surface area contributed by atoms with Gasteiger partial charge >= 0.3 is 0 Å². The van der Waals surface area contributed by atoms with E-state index in [1.807, 2.05) is 12.1 Å². The SMILES string of the molecule is CC1(C)CCC2(CC1)N[C@@H](C(=O)N[C@H]1CC[C@H](c3nnco3)CC1)[C@H](c1cccc(Cl)c1F)[C@]21C(=O)Nc2nc(I)ccc21. The molecule has 7 rings (SSSR count). The lowest BCUT2D eigenvalue weighted by atomic mass is 9.53. The number of hydrogen-bond donors (Lipinski definition) is 3. The highest BCUT2D eigenvalue weighted by Gasteiger charge is 2.73. The highest BCUT2D eigenvalue weighted by Crippen LogP contribution is 2.63. The van der Waals surface area contributed by atoms with E-state index in [2.05, 4.69) is 67.6 Å². The van der Waals surface area contributed by atoms with E-state index in [1.54, 1.807) is 12.1 Å². The second-order valence-corrected chi connectivity index (χ2v) is 15.1. The van der Waals surface area contributed by atoms with Crippen LogP contribution >= 0.6 is 34.2 Å². The lowest BCUT2D eigenvalue weighted by molar-refractivity contribution is -0.125. The molecule has 0 unspecified atom stereocenters. The third-order valence-electron chi connectivity index (χ3n) is 10.7. The zero-order valence-electron chi connectivity index (χ0n) is 24.6. The molecular weight excluding hydrogens is 698 g/mol. The van der Waals surface area contributed by atoms with E-state index in [4.69, 9.17) is 16.0 Å². The lowest BCUT2D eigenvalue weighted by Crippen LogP contribution is -2.61. The topological polar surface area (TPSA) is 122 Å². The molecular formula is C32H35ClFIN6O3. The standard InChI is InChI=1S/C32H35ClFIN6O3/c1-30(2)12-14-31(15-13-30)32(20-10-11-22(35)38-26(20)39-29(32)43)23(19-4-3-5-21(33)24(19)34)25(40-31)27(42)37-18-8-6-17(7-9-18)28-41-36-16-44-28/h3-5,10-11,16-18,23,25,40H,6-9,12-15H2,1-2H3,(H,37,42)(H,38,39,43)/t17-,18-,23-,25+,32+/m0/s1. The van der Waals surface area contributed by atoms with E-state index in [0.717, 1.165) is 42.2 Å². The van der Waals surface area contributed by atoms with Gasteiger partial charge < -0.3 is 15.1 Å². The van der Waals surface area contributed by atoms with Gasteiger partial charge in [0.1, 0.15) is 20.8 Å². The van der Waals surface area contributed by atoms with Crippen LogP contribution in [0.5, 0.6) is 0 Å². The molecule has 3 fully saturated rings. The van der Waals surface area contributed by atoms with Crippen LogP contribution in [0, 0.1) is 14.9 Å². The number of carbonyl (C=O) groups excluding carboxylic acids is 2. The van der Waals surface area contributed by atoms with Gasteiger partial charge in [-0.05, 0) is 97.1 Å². The second-order valence-electron chi connectivity index (χ2n) is 13.6. The molecule has 3 aromatic rings. The third-order valence-corrected chi connectivity index (χ3v) is 11.6. The van der Waals surface area contributed by atoms with Crippen molar-refractivity contribution in [3.05, 3.63) is 68.3 Å². The fourth-order valence-electron chi connectivity index (χ4n) is 8.42. The summed E-state index contributed by atoms with van der Waals surface area (Å²) in [4.78, 5) is 33.7. The summed E-state index contributed by atoms with van der Waals surface area (Å²) in [5.41, 5.74) is -1.05. The Kier molecular flexibility index (Phi) is 7.52. The molecule has 4 aliphatic rings. The number of amides is 2. The van der Waals surface area contributed by atoms with Crippen molar-refractivity contribution in [2.45, 2.75) is 100 Å². The number of hydrogen-bond acceptors (Lipinski definition) is 7. The summed E-state index contributed by atoms with van der Waals surface area (Å²) >= 11 is 8.50. The summed E-state index contributed by atoms with van der Waals surface area (Å²) in [5.74, 6) is -0.700. The molecule has 12 heteroatoms. The second kappa shape index (κ2) is 11.0. The van der Waals surface area contributed by atoms with Crippen molar-refractivity contribution in [1.82, 2.24) is 25.8 Å². The first-order valence-corrected chi connectivity index (χ1v) is 16.8. The Balaban J connectivity index is 1.31. The van der Waals surface area contributed by atoms with E-state index >= 15 is 4.39 Å². The predicted octanol–water partition coefficient (Wildman–Crippen LogP) is 5.99. The van der Waals surface area contributed by atoms with Crippen LogP contribution in [0.2, 0.25) is 5.02 Å². The van der Waals surface area contributed by atoms with Crippen LogP contribution in [0.15, 0.2) is 41.1 Å². The van der Waals surface area contributed by atoms with Crippen LogP contribution in [0.1, 0.15) is 94.1 Å². The van der Waals surface area contributed by atoms with Gasteiger partial charge in [-0.25, -0.2) is 9.37 Å². The molecule has 3 atom stereocenters. The number of anilines is 1. The Bertz CT molecular complexity index is 1600. The van der Waals surface area contributed by atoms with Crippen molar-refractivity contribution in [3.8, 4) is 0 Å². The number of pyridine rings is 1. The molecule has 2 amide bonds.